The van der Waals surface area contributed by atoms with Crippen molar-refractivity contribution in [1.82, 2.24) is 14.9 Å². The summed E-state index contributed by atoms with van der Waals surface area (Å²) in [6.07, 6.45) is 8.17. The lowest BCUT2D eigenvalue weighted by Gasteiger charge is -2.33. The predicted molar refractivity (Wildman–Crippen MR) is 123 cm³/mol. The minimum absolute atomic E-state index is 0.0117. The number of hydrogen-bond donors (Lipinski definition) is 2. The van der Waals surface area contributed by atoms with Gasteiger partial charge in [0.2, 0.25) is 0 Å². The molecule has 6 heteroatoms. The summed E-state index contributed by atoms with van der Waals surface area (Å²) in [5.74, 6) is 8.07. The Morgan fingerprint density at radius 3 is 2.53 bits per heavy atom. The van der Waals surface area contributed by atoms with Gasteiger partial charge in [-0.25, -0.2) is 9.97 Å². The van der Waals surface area contributed by atoms with Crippen molar-refractivity contribution in [2.75, 3.05) is 39.5 Å². The Bertz CT molecular complexity index is 908. The third-order valence-electron chi connectivity index (χ3n) is 6.70. The molecule has 2 aromatic rings. The van der Waals surface area contributed by atoms with Crippen LogP contribution in [-0.2, 0) is 11.2 Å². The highest BCUT2D eigenvalue weighted by atomic mass is 16.5. The molecule has 0 spiro atoms. The normalized spacial score (nSPS) is 22.7. The molecule has 32 heavy (non-hydrogen) atoms. The monoisotopic (exact) mass is 435 g/mol. The molecule has 0 amide bonds. The number of morpholine rings is 1. The first-order valence-electron chi connectivity index (χ1n) is 11.7. The fraction of sp³-hybridized carbons (Fsp3) is 0.538. The number of nitrogens with zero attached hydrogens (tertiary/aromatic N) is 3. The molecule has 1 aromatic carbocycles. The number of rotatable bonds is 6. The SMILES string of the molecule is OCC(Cc1ncncc1O)c1ccc(C#CC2CCC(CN3CCOCC3)CC2)cc1. The fourth-order valence-corrected chi connectivity index (χ4v) is 4.69. The number of benzene rings is 1. The van der Waals surface area contributed by atoms with Crippen molar-refractivity contribution in [1.29, 1.82) is 0 Å². The Kier molecular flexibility index (Phi) is 8.11. The second kappa shape index (κ2) is 11.4. The van der Waals surface area contributed by atoms with E-state index in [-0.39, 0.29) is 18.3 Å². The van der Waals surface area contributed by atoms with Crippen molar-refractivity contribution in [3.63, 3.8) is 0 Å². The molecule has 1 aliphatic carbocycles. The minimum atomic E-state index is -0.125. The largest absolute Gasteiger partial charge is 0.504 e. The van der Waals surface area contributed by atoms with Gasteiger partial charge in [0.15, 0.2) is 5.75 Å². The van der Waals surface area contributed by atoms with Crippen molar-refractivity contribution in [3.8, 4) is 17.6 Å². The van der Waals surface area contributed by atoms with E-state index in [1.807, 2.05) is 24.3 Å². The van der Waals surface area contributed by atoms with Crippen LogP contribution >= 0.6 is 0 Å². The Labute approximate surface area is 190 Å². The van der Waals surface area contributed by atoms with Crippen molar-refractivity contribution in [2.24, 2.45) is 11.8 Å². The first kappa shape index (κ1) is 22.7. The van der Waals surface area contributed by atoms with Gasteiger partial charge in [-0.1, -0.05) is 24.0 Å². The molecule has 170 valence electrons. The Morgan fingerprint density at radius 2 is 1.84 bits per heavy atom. The fourth-order valence-electron chi connectivity index (χ4n) is 4.69. The predicted octanol–water partition coefficient (Wildman–Crippen LogP) is 2.99. The van der Waals surface area contributed by atoms with Crippen LogP contribution in [0.3, 0.4) is 0 Å². The number of hydrogen-bond acceptors (Lipinski definition) is 6. The molecular formula is C26H33N3O3. The summed E-state index contributed by atoms with van der Waals surface area (Å²) in [6, 6.07) is 8.08. The molecule has 2 heterocycles. The number of aliphatic hydroxyl groups excluding tert-OH is 1. The maximum Gasteiger partial charge on any atom is 0.155 e. The molecule has 1 saturated heterocycles. The van der Waals surface area contributed by atoms with E-state index < -0.39 is 0 Å². The van der Waals surface area contributed by atoms with Crippen molar-refractivity contribution >= 4 is 0 Å². The smallest absolute Gasteiger partial charge is 0.155 e. The molecule has 0 bridgehead atoms. The van der Waals surface area contributed by atoms with Crippen LogP contribution in [0.4, 0.5) is 0 Å². The average Bonchev–Trinajstić information content (AvgIpc) is 2.84. The van der Waals surface area contributed by atoms with Gasteiger partial charge in [-0.3, -0.25) is 4.90 Å². The Balaban J connectivity index is 1.28. The highest BCUT2D eigenvalue weighted by Crippen LogP contribution is 2.29. The third-order valence-corrected chi connectivity index (χ3v) is 6.70. The molecule has 1 aromatic heterocycles. The summed E-state index contributed by atoms with van der Waals surface area (Å²) in [4.78, 5) is 10.5. The Hall–Kier alpha value is -2.46. The number of ether oxygens (including phenoxy) is 1. The lowest BCUT2D eigenvalue weighted by atomic mass is 9.82. The van der Waals surface area contributed by atoms with Gasteiger partial charge < -0.3 is 14.9 Å². The van der Waals surface area contributed by atoms with Crippen LogP contribution in [-0.4, -0.2) is 64.5 Å². The molecular weight excluding hydrogens is 402 g/mol. The van der Waals surface area contributed by atoms with E-state index in [0.29, 0.717) is 18.0 Å². The first-order chi connectivity index (χ1) is 15.7. The van der Waals surface area contributed by atoms with Crippen molar-refractivity contribution in [3.05, 3.63) is 53.6 Å². The van der Waals surface area contributed by atoms with Gasteiger partial charge >= 0.3 is 0 Å². The number of aliphatic hydroxyl groups is 1. The lowest BCUT2D eigenvalue weighted by molar-refractivity contribution is 0.0271. The maximum absolute atomic E-state index is 9.91. The minimum Gasteiger partial charge on any atom is -0.504 e. The summed E-state index contributed by atoms with van der Waals surface area (Å²) < 4.78 is 5.45. The van der Waals surface area contributed by atoms with Crippen LogP contribution in [0.5, 0.6) is 5.75 Å². The van der Waals surface area contributed by atoms with E-state index >= 15 is 0 Å². The standard InChI is InChI=1S/C26H33N3O3/c30-18-24(15-25-26(31)16-27-19-28-25)23-9-7-21(8-10-23)2-1-20-3-5-22(6-4-20)17-29-11-13-32-14-12-29/h7-10,16,19-20,22,24,30-31H,3-6,11-15,17-18H2. The third kappa shape index (κ3) is 6.29. The molecule has 1 aliphatic heterocycles. The zero-order valence-corrected chi connectivity index (χ0v) is 18.6. The van der Waals surface area contributed by atoms with Crippen LogP contribution < -0.4 is 0 Å². The highest BCUT2D eigenvalue weighted by molar-refractivity contribution is 5.38. The summed E-state index contributed by atoms with van der Waals surface area (Å²) >= 11 is 0. The van der Waals surface area contributed by atoms with Crippen molar-refractivity contribution in [2.45, 2.75) is 38.0 Å². The zero-order chi connectivity index (χ0) is 22.2. The molecule has 1 saturated carbocycles. The molecule has 1 unspecified atom stereocenters. The first-order valence-corrected chi connectivity index (χ1v) is 11.7. The maximum atomic E-state index is 9.91. The molecule has 0 radical (unpaired) electrons. The van der Waals surface area contributed by atoms with E-state index in [0.717, 1.165) is 43.3 Å². The second-order valence-corrected chi connectivity index (χ2v) is 8.96. The highest BCUT2D eigenvalue weighted by Gasteiger charge is 2.23. The van der Waals surface area contributed by atoms with Gasteiger partial charge in [-0.2, -0.15) is 0 Å². The number of aromatic nitrogens is 2. The molecule has 4 rings (SSSR count). The quantitative estimate of drug-likeness (QED) is 0.679. The van der Waals surface area contributed by atoms with Crippen LogP contribution in [0.25, 0.3) is 0 Å². The van der Waals surface area contributed by atoms with Gasteiger partial charge in [0, 0.05) is 43.5 Å². The van der Waals surface area contributed by atoms with Gasteiger partial charge in [0.25, 0.3) is 0 Å². The van der Waals surface area contributed by atoms with E-state index in [1.54, 1.807) is 0 Å². The van der Waals surface area contributed by atoms with Crippen LogP contribution in [0.15, 0.2) is 36.8 Å². The summed E-state index contributed by atoms with van der Waals surface area (Å²) in [5.41, 5.74) is 2.57. The Morgan fingerprint density at radius 1 is 1.09 bits per heavy atom. The summed E-state index contributed by atoms with van der Waals surface area (Å²) in [5, 5.41) is 19.7. The number of aromatic hydroxyl groups is 1. The van der Waals surface area contributed by atoms with Gasteiger partial charge in [0.05, 0.1) is 31.7 Å². The molecule has 1 atom stereocenters. The molecule has 2 N–H and O–H groups in total. The van der Waals surface area contributed by atoms with E-state index in [1.165, 1.54) is 44.8 Å². The van der Waals surface area contributed by atoms with Gasteiger partial charge in [-0.05, 0) is 49.3 Å². The average molecular weight is 436 g/mol. The van der Waals surface area contributed by atoms with Crippen LogP contribution in [0.1, 0.15) is 48.4 Å². The second-order valence-electron chi connectivity index (χ2n) is 8.96. The van der Waals surface area contributed by atoms with Crippen LogP contribution in [0, 0.1) is 23.7 Å². The van der Waals surface area contributed by atoms with Crippen LogP contribution in [0.2, 0.25) is 0 Å². The van der Waals surface area contributed by atoms with E-state index in [2.05, 4.69) is 26.7 Å². The van der Waals surface area contributed by atoms with E-state index in [9.17, 15) is 10.2 Å². The lowest BCUT2D eigenvalue weighted by Crippen LogP contribution is -2.40. The molecule has 2 aliphatic rings. The van der Waals surface area contributed by atoms with Gasteiger partial charge in [-0.15, -0.1) is 0 Å². The van der Waals surface area contributed by atoms with Crippen molar-refractivity contribution < 1.29 is 14.9 Å². The topological polar surface area (TPSA) is 78.7 Å². The van der Waals surface area contributed by atoms with E-state index in [4.69, 9.17) is 4.74 Å². The molecule has 2 fully saturated rings. The zero-order valence-electron chi connectivity index (χ0n) is 18.6. The molecule has 6 nitrogen and oxygen atoms in total. The summed E-state index contributed by atoms with van der Waals surface area (Å²) in [7, 11) is 0. The summed E-state index contributed by atoms with van der Waals surface area (Å²) in [6.45, 7) is 5.11. The van der Waals surface area contributed by atoms with Gasteiger partial charge in [0.1, 0.15) is 6.33 Å².